The molecule has 0 fully saturated rings. The van der Waals surface area contributed by atoms with Gasteiger partial charge in [0.15, 0.2) is 0 Å². The Balaban J connectivity index is 3.35. The molecular weight excluding hydrogens is 144 g/mol. The van der Waals surface area contributed by atoms with E-state index in [1.54, 1.807) is 0 Å². The molecule has 0 bridgehead atoms. The second-order valence-corrected chi connectivity index (χ2v) is 2.60. The first-order chi connectivity index (χ1) is 5.20. The Morgan fingerprint density at radius 1 is 1.64 bits per heavy atom. The molecule has 0 aliphatic heterocycles. The van der Waals surface area contributed by atoms with E-state index in [4.69, 9.17) is 9.84 Å². The summed E-state index contributed by atoms with van der Waals surface area (Å²) in [5.74, 6) is -0.534. The summed E-state index contributed by atoms with van der Waals surface area (Å²) in [6, 6.07) is 0. The number of ether oxygens (including phenoxy) is 1. The van der Waals surface area contributed by atoms with Crippen molar-refractivity contribution in [3.05, 3.63) is 0 Å². The van der Waals surface area contributed by atoms with Crippen LogP contribution in [-0.2, 0) is 9.53 Å². The molecule has 0 aromatic heterocycles. The predicted octanol–water partition coefficient (Wildman–Crippen LogP) is 1.10. The summed E-state index contributed by atoms with van der Waals surface area (Å²) < 4.78 is 4.81. The molecule has 1 unspecified atom stereocenters. The Kier molecular flexibility index (Phi) is 5.84. The highest BCUT2D eigenvalue weighted by molar-refractivity contribution is 5.70. The smallest absolute Gasteiger partial charge is 0.332 e. The Morgan fingerprint density at radius 3 is 2.73 bits per heavy atom. The first kappa shape index (κ1) is 10.4. The van der Waals surface area contributed by atoms with Crippen molar-refractivity contribution < 1.29 is 14.6 Å². The van der Waals surface area contributed by atoms with Crippen LogP contribution >= 0.6 is 0 Å². The molecule has 0 aliphatic carbocycles. The van der Waals surface area contributed by atoms with Gasteiger partial charge < -0.3 is 9.84 Å². The molecule has 0 saturated carbocycles. The van der Waals surface area contributed by atoms with Crippen LogP contribution in [0.3, 0.4) is 0 Å². The molecular formula is C8H16O3. The molecule has 1 atom stereocenters. The van der Waals surface area contributed by atoms with E-state index >= 15 is 0 Å². The van der Waals surface area contributed by atoms with Crippen molar-refractivity contribution in [2.24, 2.45) is 0 Å². The number of hydrogen-bond donors (Lipinski definition) is 1. The van der Waals surface area contributed by atoms with Crippen molar-refractivity contribution in [1.82, 2.24) is 0 Å². The van der Waals surface area contributed by atoms with Crippen molar-refractivity contribution in [3.63, 3.8) is 0 Å². The van der Waals surface area contributed by atoms with E-state index in [0.29, 0.717) is 0 Å². The van der Waals surface area contributed by atoms with E-state index < -0.39 is 12.6 Å². The zero-order valence-electron chi connectivity index (χ0n) is 7.17. The summed E-state index contributed by atoms with van der Waals surface area (Å²) in [5.41, 5.74) is 0. The van der Waals surface area contributed by atoms with Gasteiger partial charge >= 0.3 is 5.97 Å². The van der Waals surface area contributed by atoms with Crippen molar-refractivity contribution in [2.45, 2.75) is 39.2 Å². The summed E-state index contributed by atoms with van der Waals surface area (Å²) in [7, 11) is 0. The van der Waals surface area contributed by atoms with E-state index in [1.165, 1.54) is 0 Å². The van der Waals surface area contributed by atoms with Gasteiger partial charge in [-0.05, 0) is 13.3 Å². The van der Waals surface area contributed by atoms with Gasteiger partial charge in [0.1, 0.15) is 6.61 Å². The van der Waals surface area contributed by atoms with E-state index in [1.807, 2.05) is 6.92 Å². The number of carbonyl (C=O) groups is 1. The number of rotatable bonds is 5. The normalized spacial score (nSPS) is 12.6. The molecule has 0 aromatic carbocycles. The minimum atomic E-state index is -0.534. The maximum absolute atomic E-state index is 10.5. The fourth-order valence-corrected chi connectivity index (χ4v) is 0.812. The van der Waals surface area contributed by atoms with Crippen LogP contribution in [0.15, 0.2) is 0 Å². The first-order valence-electron chi connectivity index (χ1n) is 4.01. The van der Waals surface area contributed by atoms with Gasteiger partial charge in [-0.25, -0.2) is 4.79 Å². The van der Waals surface area contributed by atoms with E-state index in [2.05, 4.69) is 6.92 Å². The Labute approximate surface area is 67.4 Å². The molecule has 3 nitrogen and oxygen atoms in total. The first-order valence-corrected chi connectivity index (χ1v) is 4.01. The van der Waals surface area contributed by atoms with Crippen LogP contribution < -0.4 is 0 Å². The number of hydrogen-bond acceptors (Lipinski definition) is 3. The zero-order valence-corrected chi connectivity index (χ0v) is 7.17. The summed E-state index contributed by atoms with van der Waals surface area (Å²) in [6.45, 7) is 3.40. The van der Waals surface area contributed by atoms with Crippen LogP contribution in [0.4, 0.5) is 0 Å². The summed E-state index contributed by atoms with van der Waals surface area (Å²) in [5, 5.41) is 8.33. The van der Waals surface area contributed by atoms with Crippen LogP contribution in [0.5, 0.6) is 0 Å². The fraction of sp³-hybridized carbons (Fsp3) is 0.875. The second-order valence-electron chi connectivity index (χ2n) is 2.60. The standard InChI is InChI=1S/C8H16O3/c1-3-4-5-7(2)11-8(10)6-9/h7,9H,3-6H2,1-2H3. The molecule has 11 heavy (non-hydrogen) atoms. The van der Waals surface area contributed by atoms with Crippen LogP contribution in [0.2, 0.25) is 0 Å². The fourth-order valence-electron chi connectivity index (χ4n) is 0.812. The number of carbonyl (C=O) groups excluding carboxylic acids is 1. The van der Waals surface area contributed by atoms with Gasteiger partial charge in [0.2, 0.25) is 0 Å². The number of aliphatic hydroxyl groups is 1. The molecule has 0 aromatic rings. The van der Waals surface area contributed by atoms with Crippen molar-refractivity contribution >= 4 is 5.97 Å². The second kappa shape index (κ2) is 6.16. The molecule has 66 valence electrons. The molecule has 0 saturated heterocycles. The van der Waals surface area contributed by atoms with Crippen LogP contribution in [0.25, 0.3) is 0 Å². The van der Waals surface area contributed by atoms with Gasteiger partial charge in [-0.1, -0.05) is 19.8 Å². The molecule has 0 aliphatic rings. The van der Waals surface area contributed by atoms with E-state index in [-0.39, 0.29) is 6.10 Å². The Morgan fingerprint density at radius 2 is 2.27 bits per heavy atom. The maximum atomic E-state index is 10.5. The lowest BCUT2D eigenvalue weighted by Crippen LogP contribution is -2.17. The van der Waals surface area contributed by atoms with Gasteiger partial charge in [-0.3, -0.25) is 0 Å². The lowest BCUT2D eigenvalue weighted by atomic mass is 10.2. The average Bonchev–Trinajstić information content (AvgIpc) is 2.00. The Hall–Kier alpha value is -0.570. The number of unbranched alkanes of at least 4 members (excludes halogenated alkanes) is 1. The van der Waals surface area contributed by atoms with Gasteiger partial charge in [-0.15, -0.1) is 0 Å². The van der Waals surface area contributed by atoms with Crippen molar-refractivity contribution in [3.8, 4) is 0 Å². The number of aliphatic hydroxyl groups excluding tert-OH is 1. The third-order valence-corrected chi connectivity index (χ3v) is 1.43. The highest BCUT2D eigenvalue weighted by Gasteiger charge is 2.06. The lowest BCUT2D eigenvalue weighted by molar-refractivity contribution is -0.151. The topological polar surface area (TPSA) is 46.5 Å². The van der Waals surface area contributed by atoms with Gasteiger partial charge in [-0.2, -0.15) is 0 Å². The minimum absolute atomic E-state index is 0.0606. The van der Waals surface area contributed by atoms with Gasteiger partial charge in [0.25, 0.3) is 0 Å². The summed E-state index contributed by atoms with van der Waals surface area (Å²) in [6.07, 6.45) is 2.97. The summed E-state index contributed by atoms with van der Waals surface area (Å²) >= 11 is 0. The summed E-state index contributed by atoms with van der Waals surface area (Å²) in [4.78, 5) is 10.5. The van der Waals surface area contributed by atoms with Crippen LogP contribution in [0, 0.1) is 0 Å². The molecule has 3 heteroatoms. The van der Waals surface area contributed by atoms with Crippen molar-refractivity contribution in [1.29, 1.82) is 0 Å². The van der Waals surface area contributed by atoms with Crippen molar-refractivity contribution in [2.75, 3.05) is 6.61 Å². The third-order valence-electron chi connectivity index (χ3n) is 1.43. The zero-order chi connectivity index (χ0) is 8.69. The van der Waals surface area contributed by atoms with Gasteiger partial charge in [0, 0.05) is 0 Å². The predicted molar refractivity (Wildman–Crippen MR) is 42.2 cm³/mol. The third kappa shape index (κ3) is 5.85. The highest BCUT2D eigenvalue weighted by Crippen LogP contribution is 2.03. The molecule has 0 amide bonds. The number of esters is 1. The molecule has 0 heterocycles. The monoisotopic (exact) mass is 160 g/mol. The largest absolute Gasteiger partial charge is 0.461 e. The molecule has 0 rings (SSSR count). The molecule has 0 spiro atoms. The van der Waals surface area contributed by atoms with Crippen LogP contribution in [-0.4, -0.2) is 23.8 Å². The Bertz CT molecular complexity index is 112. The SMILES string of the molecule is CCCCC(C)OC(=O)CO. The molecule has 0 radical (unpaired) electrons. The average molecular weight is 160 g/mol. The van der Waals surface area contributed by atoms with Gasteiger partial charge in [0.05, 0.1) is 6.10 Å². The minimum Gasteiger partial charge on any atom is -0.461 e. The van der Waals surface area contributed by atoms with E-state index in [0.717, 1.165) is 19.3 Å². The highest BCUT2D eigenvalue weighted by atomic mass is 16.6. The maximum Gasteiger partial charge on any atom is 0.332 e. The van der Waals surface area contributed by atoms with Crippen LogP contribution in [0.1, 0.15) is 33.1 Å². The van der Waals surface area contributed by atoms with E-state index in [9.17, 15) is 4.79 Å². The molecule has 1 N–H and O–H groups in total. The lowest BCUT2D eigenvalue weighted by Gasteiger charge is -2.10. The quantitative estimate of drug-likeness (QED) is 0.612.